The van der Waals surface area contributed by atoms with Crippen LogP contribution in [0.3, 0.4) is 0 Å². The van der Waals surface area contributed by atoms with Crippen LogP contribution in [0.25, 0.3) is 0 Å². The molecule has 11 nitrogen and oxygen atoms in total. The Hall–Kier alpha value is -3.47. The number of carbonyl (C=O) groups excluding carboxylic acids is 4. The summed E-state index contributed by atoms with van der Waals surface area (Å²) >= 11 is 0. The van der Waals surface area contributed by atoms with Gasteiger partial charge in [0.25, 0.3) is 0 Å². The van der Waals surface area contributed by atoms with E-state index in [2.05, 4.69) is 10.6 Å². The number of nitrogens with two attached hydrogens (primary N) is 2. The fourth-order valence-electron chi connectivity index (χ4n) is 3.48. The predicted molar refractivity (Wildman–Crippen MR) is 109 cm³/mol. The van der Waals surface area contributed by atoms with Crippen molar-refractivity contribution in [3.05, 3.63) is 35.9 Å². The highest BCUT2D eigenvalue weighted by Gasteiger charge is 2.39. The van der Waals surface area contributed by atoms with E-state index in [-0.39, 0.29) is 19.5 Å². The Labute approximate surface area is 179 Å². The third kappa shape index (κ3) is 6.78. The van der Waals surface area contributed by atoms with Crippen LogP contribution in [-0.2, 0) is 30.4 Å². The number of aliphatic carboxylic acids is 1. The Kier molecular flexibility index (Phi) is 8.50. The molecule has 3 unspecified atom stereocenters. The first-order chi connectivity index (χ1) is 14.7. The van der Waals surface area contributed by atoms with Crippen LogP contribution in [0, 0.1) is 0 Å². The van der Waals surface area contributed by atoms with Crippen molar-refractivity contribution < 1.29 is 29.1 Å². The van der Waals surface area contributed by atoms with Crippen molar-refractivity contribution in [3.8, 4) is 0 Å². The van der Waals surface area contributed by atoms with Gasteiger partial charge in [-0.15, -0.1) is 0 Å². The van der Waals surface area contributed by atoms with Gasteiger partial charge in [0.05, 0.1) is 13.0 Å². The van der Waals surface area contributed by atoms with Gasteiger partial charge in [-0.1, -0.05) is 30.3 Å². The SMILES string of the molecule is NCC(=O)NC(Cc1ccccc1)C(=O)N1CCCC1C(=O)NC(CC(N)=O)C(=O)O. The third-order valence-electron chi connectivity index (χ3n) is 4.96. The van der Waals surface area contributed by atoms with Crippen LogP contribution in [0.15, 0.2) is 30.3 Å². The molecule has 1 fully saturated rings. The summed E-state index contributed by atoms with van der Waals surface area (Å²) in [5.41, 5.74) is 11.2. The molecule has 0 spiro atoms. The number of nitrogens with zero attached hydrogens (tertiary/aromatic N) is 1. The van der Waals surface area contributed by atoms with Crippen molar-refractivity contribution in [1.82, 2.24) is 15.5 Å². The van der Waals surface area contributed by atoms with Crippen LogP contribution < -0.4 is 22.1 Å². The summed E-state index contributed by atoms with van der Waals surface area (Å²) in [7, 11) is 0. The Bertz CT molecular complexity index is 831. The van der Waals surface area contributed by atoms with Crippen molar-refractivity contribution in [1.29, 1.82) is 0 Å². The number of nitrogens with one attached hydrogen (secondary N) is 2. The molecule has 0 aromatic heterocycles. The monoisotopic (exact) mass is 433 g/mol. The second kappa shape index (κ2) is 11.1. The molecule has 1 saturated heterocycles. The van der Waals surface area contributed by atoms with Gasteiger partial charge in [0.15, 0.2) is 0 Å². The summed E-state index contributed by atoms with van der Waals surface area (Å²) in [5, 5.41) is 14.1. The van der Waals surface area contributed by atoms with Gasteiger partial charge in [0, 0.05) is 13.0 Å². The van der Waals surface area contributed by atoms with Crippen LogP contribution in [0.5, 0.6) is 0 Å². The van der Waals surface area contributed by atoms with Gasteiger partial charge in [-0.3, -0.25) is 19.2 Å². The average Bonchev–Trinajstić information content (AvgIpc) is 3.22. The second-order valence-electron chi connectivity index (χ2n) is 7.27. The van der Waals surface area contributed by atoms with Crippen LogP contribution in [0.4, 0.5) is 0 Å². The lowest BCUT2D eigenvalue weighted by Crippen LogP contribution is -2.56. The quantitative estimate of drug-likeness (QED) is 0.285. The molecule has 31 heavy (non-hydrogen) atoms. The van der Waals surface area contributed by atoms with Gasteiger partial charge < -0.3 is 32.1 Å². The van der Waals surface area contributed by atoms with Crippen LogP contribution in [-0.4, -0.2) is 70.8 Å². The molecule has 2 rings (SSSR count). The van der Waals surface area contributed by atoms with Gasteiger partial charge in [0.2, 0.25) is 23.6 Å². The van der Waals surface area contributed by atoms with Crippen molar-refractivity contribution in [2.45, 2.75) is 43.8 Å². The van der Waals surface area contributed by atoms with E-state index >= 15 is 0 Å². The number of amides is 4. The summed E-state index contributed by atoms with van der Waals surface area (Å²) in [6, 6.07) is 5.71. The van der Waals surface area contributed by atoms with E-state index in [1.165, 1.54) is 4.90 Å². The molecular formula is C20H27N5O6. The first-order valence-corrected chi connectivity index (χ1v) is 9.88. The minimum Gasteiger partial charge on any atom is -0.480 e. The first-order valence-electron chi connectivity index (χ1n) is 9.88. The topological polar surface area (TPSA) is 185 Å². The Balaban J connectivity index is 2.16. The maximum absolute atomic E-state index is 13.2. The molecule has 3 atom stereocenters. The smallest absolute Gasteiger partial charge is 0.326 e. The second-order valence-corrected chi connectivity index (χ2v) is 7.27. The highest BCUT2D eigenvalue weighted by molar-refractivity contribution is 5.95. The minimum atomic E-state index is -1.49. The number of benzene rings is 1. The van der Waals surface area contributed by atoms with Crippen molar-refractivity contribution >= 4 is 29.6 Å². The zero-order valence-electron chi connectivity index (χ0n) is 17.0. The Morgan fingerprint density at radius 2 is 1.77 bits per heavy atom. The summed E-state index contributed by atoms with van der Waals surface area (Å²) in [6.45, 7) is -0.0237. The molecule has 4 amide bonds. The van der Waals surface area contributed by atoms with Gasteiger partial charge in [-0.05, 0) is 18.4 Å². The molecule has 1 aromatic rings. The number of primary amides is 1. The number of likely N-dealkylation sites (tertiary alicyclic amines) is 1. The van der Waals surface area contributed by atoms with Gasteiger partial charge in [-0.25, -0.2) is 4.79 Å². The highest BCUT2D eigenvalue weighted by Crippen LogP contribution is 2.20. The summed E-state index contributed by atoms with van der Waals surface area (Å²) < 4.78 is 0. The molecule has 0 aliphatic carbocycles. The number of rotatable bonds is 10. The molecule has 7 N–H and O–H groups in total. The fraction of sp³-hybridized carbons (Fsp3) is 0.450. The van der Waals surface area contributed by atoms with E-state index < -0.39 is 54.1 Å². The molecular weight excluding hydrogens is 406 g/mol. The lowest BCUT2D eigenvalue weighted by molar-refractivity contribution is -0.145. The summed E-state index contributed by atoms with van der Waals surface area (Å²) in [4.78, 5) is 61.5. The molecule has 0 bridgehead atoms. The molecule has 1 aliphatic heterocycles. The number of hydrogen-bond donors (Lipinski definition) is 5. The molecule has 1 aromatic carbocycles. The first kappa shape index (κ1) is 23.8. The fourth-order valence-corrected chi connectivity index (χ4v) is 3.48. The Morgan fingerprint density at radius 1 is 1.10 bits per heavy atom. The zero-order chi connectivity index (χ0) is 23.0. The van der Waals surface area contributed by atoms with Crippen LogP contribution in [0.1, 0.15) is 24.8 Å². The van der Waals surface area contributed by atoms with E-state index in [4.69, 9.17) is 11.5 Å². The van der Waals surface area contributed by atoms with E-state index in [0.717, 1.165) is 5.56 Å². The third-order valence-corrected chi connectivity index (χ3v) is 4.96. The normalized spacial score (nSPS) is 17.5. The van der Waals surface area contributed by atoms with E-state index in [1.807, 2.05) is 18.2 Å². The summed E-state index contributed by atoms with van der Waals surface area (Å²) in [6.07, 6.45) is 0.490. The summed E-state index contributed by atoms with van der Waals surface area (Å²) in [5.74, 6) is -3.95. The molecule has 168 valence electrons. The van der Waals surface area contributed by atoms with Gasteiger partial charge >= 0.3 is 5.97 Å². The van der Waals surface area contributed by atoms with Crippen LogP contribution >= 0.6 is 0 Å². The molecule has 0 radical (unpaired) electrons. The number of carbonyl (C=O) groups is 5. The molecule has 1 aliphatic rings. The minimum absolute atomic E-state index is 0.204. The van der Waals surface area contributed by atoms with E-state index in [1.54, 1.807) is 12.1 Å². The van der Waals surface area contributed by atoms with Gasteiger partial charge in [0.1, 0.15) is 18.1 Å². The molecule has 0 saturated carbocycles. The zero-order valence-corrected chi connectivity index (χ0v) is 17.0. The van der Waals surface area contributed by atoms with E-state index in [9.17, 15) is 29.1 Å². The van der Waals surface area contributed by atoms with Crippen molar-refractivity contribution in [3.63, 3.8) is 0 Å². The maximum Gasteiger partial charge on any atom is 0.326 e. The standard InChI is InChI=1S/C20H27N5O6/c21-11-17(27)23-13(9-12-5-2-1-3-6-12)19(29)25-8-4-7-15(25)18(28)24-14(20(30)31)10-16(22)26/h1-3,5-6,13-15H,4,7-11,21H2,(H2,22,26)(H,23,27)(H,24,28)(H,30,31). The molecule has 1 heterocycles. The van der Waals surface area contributed by atoms with Crippen LogP contribution in [0.2, 0.25) is 0 Å². The number of hydrogen-bond acceptors (Lipinski definition) is 6. The predicted octanol–water partition coefficient (Wildman–Crippen LogP) is -1.89. The number of carboxylic acids is 1. The van der Waals surface area contributed by atoms with Crippen molar-refractivity contribution in [2.24, 2.45) is 11.5 Å². The average molecular weight is 433 g/mol. The number of carboxylic acid groups (broad SMARTS) is 1. The van der Waals surface area contributed by atoms with E-state index in [0.29, 0.717) is 12.8 Å². The largest absolute Gasteiger partial charge is 0.480 e. The molecule has 11 heteroatoms. The highest BCUT2D eigenvalue weighted by atomic mass is 16.4. The van der Waals surface area contributed by atoms with Gasteiger partial charge in [-0.2, -0.15) is 0 Å². The van der Waals surface area contributed by atoms with Crippen molar-refractivity contribution in [2.75, 3.05) is 13.1 Å². The Morgan fingerprint density at radius 3 is 2.35 bits per heavy atom. The lowest BCUT2D eigenvalue weighted by Gasteiger charge is -2.29. The lowest BCUT2D eigenvalue weighted by atomic mass is 10.0. The maximum atomic E-state index is 13.2.